The molecule has 0 radical (unpaired) electrons. The van der Waals surface area contributed by atoms with Gasteiger partial charge in [0.25, 0.3) is 0 Å². The summed E-state index contributed by atoms with van der Waals surface area (Å²) >= 11 is 0. The predicted octanol–water partition coefficient (Wildman–Crippen LogP) is 1.65. The molecule has 1 aliphatic heterocycles. The van der Waals surface area contributed by atoms with E-state index in [2.05, 4.69) is 27.7 Å². The van der Waals surface area contributed by atoms with Crippen LogP contribution in [0.2, 0.25) is 0 Å². The summed E-state index contributed by atoms with van der Waals surface area (Å²) in [6, 6.07) is 9.44. The number of benzene rings is 1. The highest BCUT2D eigenvalue weighted by atomic mass is 16.6. The number of amides is 2. The Morgan fingerprint density at radius 1 is 1.30 bits per heavy atom. The molecule has 0 bridgehead atoms. The Labute approximate surface area is 161 Å². The Balaban J connectivity index is 1.83. The Morgan fingerprint density at radius 2 is 2.00 bits per heavy atom. The van der Waals surface area contributed by atoms with E-state index in [9.17, 15) is 14.7 Å². The fourth-order valence-electron chi connectivity index (χ4n) is 3.09. The van der Waals surface area contributed by atoms with E-state index in [1.54, 1.807) is 20.8 Å². The van der Waals surface area contributed by atoms with Gasteiger partial charge in [-0.1, -0.05) is 30.3 Å². The first-order valence-corrected chi connectivity index (χ1v) is 9.44. The number of aliphatic hydroxyl groups excluding tert-OH is 1. The fourth-order valence-corrected chi connectivity index (χ4v) is 3.09. The molecular formula is C20H31N3O4. The summed E-state index contributed by atoms with van der Waals surface area (Å²) in [5, 5.41) is 14.8. The van der Waals surface area contributed by atoms with Crippen molar-refractivity contribution in [2.75, 3.05) is 19.7 Å². The number of aliphatic hydroxyl groups is 1. The molecule has 0 saturated carbocycles. The van der Waals surface area contributed by atoms with Crippen LogP contribution in [0.5, 0.6) is 0 Å². The first-order valence-electron chi connectivity index (χ1n) is 9.44. The van der Waals surface area contributed by atoms with Crippen molar-refractivity contribution in [1.29, 1.82) is 0 Å². The molecule has 150 valence electrons. The van der Waals surface area contributed by atoms with Crippen LogP contribution >= 0.6 is 0 Å². The van der Waals surface area contributed by atoms with Gasteiger partial charge in [-0.05, 0) is 39.2 Å². The van der Waals surface area contributed by atoms with Gasteiger partial charge in [-0.25, -0.2) is 4.79 Å². The Kier molecular flexibility index (Phi) is 7.62. The maximum absolute atomic E-state index is 12.5. The van der Waals surface area contributed by atoms with Gasteiger partial charge in [0.15, 0.2) is 0 Å². The lowest BCUT2D eigenvalue weighted by atomic mass is 10.1. The summed E-state index contributed by atoms with van der Waals surface area (Å²) in [6.45, 7) is 7.60. The number of carbonyl (C=O) groups is 2. The minimum absolute atomic E-state index is 0.0304. The molecule has 1 aromatic carbocycles. The summed E-state index contributed by atoms with van der Waals surface area (Å²) in [5.41, 5.74) is 0.600. The lowest BCUT2D eigenvalue weighted by Gasteiger charge is -2.24. The Bertz CT molecular complexity index is 615. The molecule has 0 unspecified atom stereocenters. The summed E-state index contributed by atoms with van der Waals surface area (Å²) < 4.78 is 5.20. The van der Waals surface area contributed by atoms with Crippen molar-refractivity contribution < 1.29 is 19.4 Å². The minimum atomic E-state index is -0.812. The topological polar surface area (TPSA) is 90.9 Å². The molecule has 7 heteroatoms. The number of nitrogens with zero attached hydrogens (tertiary/aromatic N) is 1. The Hall–Kier alpha value is -2.12. The van der Waals surface area contributed by atoms with Crippen molar-refractivity contribution in [3.05, 3.63) is 35.9 Å². The molecule has 7 nitrogen and oxygen atoms in total. The molecule has 1 aliphatic rings. The highest BCUT2D eigenvalue weighted by Gasteiger charge is 2.28. The van der Waals surface area contributed by atoms with E-state index < -0.39 is 17.7 Å². The van der Waals surface area contributed by atoms with E-state index >= 15 is 0 Å². The van der Waals surface area contributed by atoms with Gasteiger partial charge in [0.2, 0.25) is 5.91 Å². The number of alkyl carbamates (subject to hydrolysis) is 1. The van der Waals surface area contributed by atoms with Crippen molar-refractivity contribution in [3.8, 4) is 0 Å². The van der Waals surface area contributed by atoms with Crippen LogP contribution in [0.3, 0.4) is 0 Å². The van der Waals surface area contributed by atoms with Crippen molar-refractivity contribution in [2.45, 2.75) is 57.8 Å². The summed E-state index contributed by atoms with van der Waals surface area (Å²) in [7, 11) is 0. The summed E-state index contributed by atoms with van der Waals surface area (Å²) in [6.07, 6.45) is 0.343. The maximum Gasteiger partial charge on any atom is 0.408 e. The van der Waals surface area contributed by atoms with Crippen LogP contribution in [0, 0.1) is 0 Å². The summed E-state index contributed by atoms with van der Waals surface area (Å²) in [5.74, 6) is -0.290. The maximum atomic E-state index is 12.5. The molecule has 0 spiro atoms. The van der Waals surface area contributed by atoms with Crippen molar-refractivity contribution in [1.82, 2.24) is 15.5 Å². The van der Waals surface area contributed by atoms with Crippen LogP contribution in [0.25, 0.3) is 0 Å². The minimum Gasteiger partial charge on any atom is -0.444 e. The second kappa shape index (κ2) is 9.71. The van der Waals surface area contributed by atoms with E-state index in [-0.39, 0.29) is 25.0 Å². The molecule has 0 aliphatic carbocycles. The van der Waals surface area contributed by atoms with E-state index in [0.29, 0.717) is 0 Å². The highest BCUT2D eigenvalue weighted by Crippen LogP contribution is 2.14. The number of carbonyl (C=O) groups excluding carboxylic acids is 2. The third kappa shape index (κ3) is 7.56. The highest BCUT2D eigenvalue weighted by molar-refractivity contribution is 5.85. The van der Waals surface area contributed by atoms with Gasteiger partial charge in [0.05, 0.1) is 0 Å². The van der Waals surface area contributed by atoms with Gasteiger partial charge in [-0.15, -0.1) is 0 Å². The molecule has 2 rings (SSSR count). The van der Waals surface area contributed by atoms with Gasteiger partial charge in [-0.2, -0.15) is 0 Å². The molecular weight excluding hydrogens is 346 g/mol. The molecule has 2 atom stereocenters. The molecule has 2 amide bonds. The Morgan fingerprint density at radius 3 is 2.63 bits per heavy atom. The van der Waals surface area contributed by atoms with Crippen molar-refractivity contribution in [2.24, 2.45) is 0 Å². The molecule has 27 heavy (non-hydrogen) atoms. The number of ether oxygens (including phenoxy) is 1. The monoisotopic (exact) mass is 377 g/mol. The lowest BCUT2D eigenvalue weighted by Crippen LogP contribution is -2.51. The lowest BCUT2D eigenvalue weighted by molar-refractivity contribution is -0.124. The number of hydrogen-bond acceptors (Lipinski definition) is 5. The zero-order chi connectivity index (χ0) is 19.9. The fraction of sp³-hybridized carbons (Fsp3) is 0.600. The van der Waals surface area contributed by atoms with Crippen LogP contribution in [-0.4, -0.2) is 59.4 Å². The molecule has 1 fully saturated rings. The molecule has 1 heterocycles. The molecule has 0 aromatic heterocycles. The SMILES string of the molecule is CC(C)(C)OC(=O)N[C@@H](CCO)C(=O)N[C@@H]1CCN(Cc2ccccc2)C1. The molecule has 3 N–H and O–H groups in total. The van der Waals surface area contributed by atoms with Gasteiger partial charge in [0, 0.05) is 32.3 Å². The quantitative estimate of drug-likeness (QED) is 0.672. The predicted molar refractivity (Wildman–Crippen MR) is 103 cm³/mol. The smallest absolute Gasteiger partial charge is 0.408 e. The van der Waals surface area contributed by atoms with Crippen molar-refractivity contribution >= 4 is 12.0 Å². The van der Waals surface area contributed by atoms with Crippen LogP contribution < -0.4 is 10.6 Å². The first-order chi connectivity index (χ1) is 12.8. The normalized spacial score (nSPS) is 18.7. The molecule has 1 aromatic rings. The zero-order valence-corrected chi connectivity index (χ0v) is 16.4. The third-order valence-electron chi connectivity index (χ3n) is 4.29. The standard InChI is InChI=1S/C20H31N3O4/c1-20(2,3)27-19(26)22-17(10-12-24)18(25)21-16-9-11-23(14-16)13-15-7-5-4-6-8-15/h4-8,16-17,24H,9-14H2,1-3H3,(H,21,25)(H,22,26)/t16-,17+/m1/s1. The van der Waals surface area contributed by atoms with Crippen molar-refractivity contribution in [3.63, 3.8) is 0 Å². The average Bonchev–Trinajstić information content (AvgIpc) is 3.00. The first kappa shape index (κ1) is 21.2. The number of hydrogen-bond donors (Lipinski definition) is 3. The van der Waals surface area contributed by atoms with E-state index in [1.807, 2.05) is 18.2 Å². The molecule has 1 saturated heterocycles. The second-order valence-corrected chi connectivity index (χ2v) is 7.93. The van der Waals surface area contributed by atoms with E-state index in [4.69, 9.17) is 4.74 Å². The van der Waals surface area contributed by atoms with Crippen LogP contribution in [0.15, 0.2) is 30.3 Å². The zero-order valence-electron chi connectivity index (χ0n) is 16.4. The third-order valence-corrected chi connectivity index (χ3v) is 4.29. The van der Waals surface area contributed by atoms with Gasteiger partial charge < -0.3 is 20.5 Å². The van der Waals surface area contributed by atoms with Gasteiger partial charge in [-0.3, -0.25) is 9.69 Å². The largest absolute Gasteiger partial charge is 0.444 e. The second-order valence-electron chi connectivity index (χ2n) is 7.93. The van der Waals surface area contributed by atoms with Crippen LogP contribution in [-0.2, 0) is 16.1 Å². The number of likely N-dealkylation sites (tertiary alicyclic amines) is 1. The van der Waals surface area contributed by atoms with E-state index in [0.717, 1.165) is 26.1 Å². The van der Waals surface area contributed by atoms with Crippen LogP contribution in [0.4, 0.5) is 4.79 Å². The number of nitrogens with one attached hydrogen (secondary N) is 2. The van der Waals surface area contributed by atoms with Gasteiger partial charge >= 0.3 is 6.09 Å². The van der Waals surface area contributed by atoms with Crippen LogP contribution in [0.1, 0.15) is 39.2 Å². The number of rotatable bonds is 7. The van der Waals surface area contributed by atoms with Gasteiger partial charge in [0.1, 0.15) is 11.6 Å². The average molecular weight is 377 g/mol. The van der Waals surface area contributed by atoms with E-state index in [1.165, 1.54) is 5.56 Å². The summed E-state index contributed by atoms with van der Waals surface area (Å²) in [4.78, 5) is 26.8.